The van der Waals surface area contributed by atoms with Gasteiger partial charge in [0.2, 0.25) is 5.91 Å². The number of thioether (sulfide) groups is 1. The van der Waals surface area contributed by atoms with Gasteiger partial charge in [0.05, 0.1) is 16.6 Å². The Morgan fingerprint density at radius 1 is 1.35 bits per heavy atom. The highest BCUT2D eigenvalue weighted by Crippen LogP contribution is 2.25. The lowest BCUT2D eigenvalue weighted by Gasteiger charge is -2.35. The van der Waals surface area contributed by atoms with Crippen LogP contribution in [0.4, 0.5) is 0 Å². The molecule has 1 aromatic heterocycles. The Morgan fingerprint density at radius 2 is 2.15 bits per heavy atom. The number of likely N-dealkylation sites (tertiary alicyclic amines) is 1. The van der Waals surface area contributed by atoms with Crippen molar-refractivity contribution < 1.29 is 15.0 Å². The molecule has 1 aromatic carbocycles. The first kappa shape index (κ1) is 19.1. The van der Waals surface area contributed by atoms with Crippen LogP contribution in [-0.2, 0) is 4.79 Å². The molecule has 1 saturated heterocycles. The summed E-state index contributed by atoms with van der Waals surface area (Å²) in [6.45, 7) is 5.07. The average molecular weight is 375 g/mol. The van der Waals surface area contributed by atoms with Crippen LogP contribution in [0.25, 0.3) is 10.9 Å². The van der Waals surface area contributed by atoms with Crippen molar-refractivity contribution in [1.82, 2.24) is 9.88 Å². The minimum Gasteiger partial charge on any atom is -0.396 e. The van der Waals surface area contributed by atoms with Gasteiger partial charge in [-0.2, -0.15) is 0 Å². The number of carbonyl (C=O) groups excluding carboxylic acids is 1. The first-order valence-corrected chi connectivity index (χ1v) is 10.0. The van der Waals surface area contributed by atoms with E-state index in [0.29, 0.717) is 31.7 Å². The highest BCUT2D eigenvalue weighted by Gasteiger charge is 2.29. The molecule has 140 valence electrons. The van der Waals surface area contributed by atoms with Crippen LogP contribution in [0.2, 0.25) is 0 Å². The third-order valence-electron chi connectivity index (χ3n) is 5.02. The summed E-state index contributed by atoms with van der Waals surface area (Å²) < 4.78 is 0. The minimum atomic E-state index is -0.626. The summed E-state index contributed by atoms with van der Waals surface area (Å²) in [7, 11) is 0. The molecule has 0 radical (unpaired) electrons. The number of benzene rings is 1. The molecular weight excluding hydrogens is 348 g/mol. The number of hydrogen-bond donors (Lipinski definition) is 2. The lowest BCUT2D eigenvalue weighted by Crippen LogP contribution is -2.47. The normalized spacial score (nSPS) is 20.5. The number of piperidine rings is 1. The van der Waals surface area contributed by atoms with E-state index in [1.54, 1.807) is 16.7 Å². The van der Waals surface area contributed by atoms with Crippen LogP contribution in [0.5, 0.6) is 0 Å². The smallest absolute Gasteiger partial charge is 0.223 e. The fraction of sp³-hybridized carbons (Fsp3) is 0.500. The number of carbonyl (C=O) groups is 1. The van der Waals surface area contributed by atoms with Gasteiger partial charge in [-0.3, -0.25) is 4.79 Å². The number of β-amino-alcohol motifs (C(OH)–C–C–N with tert-alkyl or cyclic N) is 1. The van der Waals surface area contributed by atoms with Crippen molar-refractivity contribution >= 4 is 28.6 Å². The summed E-state index contributed by atoms with van der Waals surface area (Å²) in [6.07, 6.45) is 0.452. The molecule has 2 atom stereocenters. The third kappa shape index (κ3) is 4.37. The molecule has 2 unspecified atom stereocenters. The maximum absolute atomic E-state index is 12.4. The highest BCUT2D eigenvalue weighted by molar-refractivity contribution is 7.99. The third-order valence-corrected chi connectivity index (χ3v) is 5.94. The van der Waals surface area contributed by atoms with Gasteiger partial charge in [-0.15, -0.1) is 11.8 Å². The number of aliphatic hydroxyl groups is 2. The molecule has 5 nitrogen and oxygen atoms in total. The molecule has 2 heterocycles. The lowest BCUT2D eigenvalue weighted by atomic mass is 9.94. The summed E-state index contributed by atoms with van der Waals surface area (Å²) in [4.78, 5) is 18.8. The Hall–Kier alpha value is -1.63. The van der Waals surface area contributed by atoms with E-state index in [1.807, 2.05) is 6.07 Å². The first-order valence-electron chi connectivity index (χ1n) is 9.05. The van der Waals surface area contributed by atoms with Crippen molar-refractivity contribution in [2.24, 2.45) is 5.92 Å². The van der Waals surface area contributed by atoms with Crippen LogP contribution in [0.1, 0.15) is 24.0 Å². The van der Waals surface area contributed by atoms with Crippen LogP contribution in [0.15, 0.2) is 29.3 Å². The number of fused-ring (bicyclic) bond motifs is 1. The van der Waals surface area contributed by atoms with Gasteiger partial charge in [-0.25, -0.2) is 4.98 Å². The van der Waals surface area contributed by atoms with E-state index in [9.17, 15) is 15.0 Å². The predicted octanol–water partition coefficient (Wildman–Crippen LogP) is 2.54. The molecule has 3 rings (SSSR count). The monoisotopic (exact) mass is 374 g/mol. The van der Waals surface area contributed by atoms with E-state index in [0.717, 1.165) is 10.5 Å². The summed E-state index contributed by atoms with van der Waals surface area (Å²) >= 11 is 1.59. The van der Waals surface area contributed by atoms with Crippen molar-refractivity contribution in [2.45, 2.75) is 37.8 Å². The highest BCUT2D eigenvalue weighted by atomic mass is 32.2. The Balaban J connectivity index is 1.56. The van der Waals surface area contributed by atoms with Gasteiger partial charge in [-0.1, -0.05) is 11.6 Å². The molecule has 1 aliphatic rings. The molecular formula is C20H26N2O3S. The molecule has 6 heteroatoms. The molecule has 0 aliphatic carbocycles. The van der Waals surface area contributed by atoms with Crippen LogP contribution in [0, 0.1) is 19.8 Å². The van der Waals surface area contributed by atoms with Crippen molar-refractivity contribution in [3.8, 4) is 0 Å². The topological polar surface area (TPSA) is 73.7 Å². The van der Waals surface area contributed by atoms with Crippen LogP contribution in [0.3, 0.4) is 0 Å². The van der Waals surface area contributed by atoms with Crippen molar-refractivity contribution in [3.05, 3.63) is 35.4 Å². The SMILES string of the molecule is Cc1ccc2nc(SCCC(=O)N3CCC(CO)C(O)C3)cc(C)c2c1. The van der Waals surface area contributed by atoms with E-state index >= 15 is 0 Å². The Bertz CT molecular complexity index is 796. The fourth-order valence-corrected chi connectivity index (χ4v) is 4.28. The summed E-state index contributed by atoms with van der Waals surface area (Å²) in [5, 5.41) is 21.3. The van der Waals surface area contributed by atoms with E-state index in [4.69, 9.17) is 0 Å². The van der Waals surface area contributed by atoms with Gasteiger partial charge in [-0.05, 0) is 44.0 Å². The second kappa shape index (κ2) is 8.37. The number of pyridine rings is 1. The molecule has 1 aliphatic heterocycles. The van der Waals surface area contributed by atoms with Gasteiger partial charge in [0, 0.05) is 43.2 Å². The molecule has 0 spiro atoms. The molecule has 0 saturated carbocycles. The molecule has 2 aromatic rings. The zero-order valence-corrected chi connectivity index (χ0v) is 16.1. The Labute approximate surface area is 158 Å². The quantitative estimate of drug-likeness (QED) is 0.787. The maximum atomic E-state index is 12.4. The largest absolute Gasteiger partial charge is 0.396 e. The summed E-state index contributed by atoms with van der Waals surface area (Å²) in [6, 6.07) is 8.33. The number of amides is 1. The second-order valence-electron chi connectivity index (χ2n) is 7.03. The van der Waals surface area contributed by atoms with Crippen LogP contribution >= 0.6 is 11.8 Å². The molecule has 1 fully saturated rings. The second-order valence-corrected chi connectivity index (χ2v) is 8.15. The number of nitrogens with zero attached hydrogens (tertiary/aromatic N) is 2. The average Bonchev–Trinajstić information content (AvgIpc) is 2.62. The number of rotatable bonds is 5. The van der Waals surface area contributed by atoms with Crippen molar-refractivity contribution in [3.63, 3.8) is 0 Å². The molecule has 26 heavy (non-hydrogen) atoms. The maximum Gasteiger partial charge on any atom is 0.223 e. The zero-order chi connectivity index (χ0) is 18.7. The summed E-state index contributed by atoms with van der Waals surface area (Å²) in [5.41, 5.74) is 3.40. The zero-order valence-electron chi connectivity index (χ0n) is 15.3. The fourth-order valence-electron chi connectivity index (χ4n) is 3.37. The Morgan fingerprint density at radius 3 is 2.88 bits per heavy atom. The van der Waals surface area contributed by atoms with E-state index < -0.39 is 6.10 Å². The van der Waals surface area contributed by atoms with Gasteiger partial charge >= 0.3 is 0 Å². The van der Waals surface area contributed by atoms with Crippen LogP contribution < -0.4 is 0 Å². The van der Waals surface area contributed by atoms with Crippen molar-refractivity contribution in [1.29, 1.82) is 0 Å². The van der Waals surface area contributed by atoms with Gasteiger partial charge < -0.3 is 15.1 Å². The van der Waals surface area contributed by atoms with Crippen LogP contribution in [-0.4, -0.2) is 57.6 Å². The number of aliphatic hydroxyl groups excluding tert-OH is 2. The molecule has 2 N–H and O–H groups in total. The Kier molecular flexibility index (Phi) is 6.16. The van der Waals surface area contributed by atoms with Gasteiger partial charge in [0.15, 0.2) is 0 Å². The number of aromatic nitrogens is 1. The van der Waals surface area contributed by atoms with Gasteiger partial charge in [0.25, 0.3) is 0 Å². The number of aryl methyl sites for hydroxylation is 2. The standard InChI is InChI=1S/C20H26N2O3S/c1-13-3-4-17-16(9-13)14(2)10-19(21-17)26-8-6-20(25)22-7-5-15(12-23)18(24)11-22/h3-4,9-10,15,18,23-24H,5-8,11-12H2,1-2H3. The van der Waals surface area contributed by atoms with E-state index in [1.165, 1.54) is 16.5 Å². The predicted molar refractivity (Wildman–Crippen MR) is 104 cm³/mol. The minimum absolute atomic E-state index is 0.0223. The first-order chi connectivity index (χ1) is 12.5. The number of hydrogen-bond acceptors (Lipinski definition) is 5. The lowest BCUT2D eigenvalue weighted by molar-refractivity contribution is -0.135. The van der Waals surface area contributed by atoms with E-state index in [-0.39, 0.29) is 18.4 Å². The summed E-state index contributed by atoms with van der Waals surface area (Å²) in [5.74, 6) is 0.612. The van der Waals surface area contributed by atoms with E-state index in [2.05, 4.69) is 37.0 Å². The molecule has 1 amide bonds. The van der Waals surface area contributed by atoms with Gasteiger partial charge in [0.1, 0.15) is 0 Å². The molecule has 0 bridgehead atoms. The van der Waals surface area contributed by atoms with Crippen molar-refractivity contribution in [2.75, 3.05) is 25.4 Å².